The molecule has 0 fully saturated rings. The Balaban J connectivity index is 2.94. The summed E-state index contributed by atoms with van der Waals surface area (Å²) in [4.78, 5) is 0. The Hall–Kier alpha value is -1.15. The minimum absolute atomic E-state index is 0.355. The van der Waals surface area contributed by atoms with Gasteiger partial charge in [0.2, 0.25) is 0 Å². The van der Waals surface area contributed by atoms with Gasteiger partial charge in [0.15, 0.2) is 0 Å². The van der Waals surface area contributed by atoms with Gasteiger partial charge in [-0.3, -0.25) is 4.57 Å². The smallest absolute Gasteiger partial charge is 0.306 e. The van der Waals surface area contributed by atoms with E-state index in [1.54, 1.807) is 26.0 Å². The lowest BCUT2D eigenvalue weighted by atomic mass is 10.2. The van der Waals surface area contributed by atoms with Crippen LogP contribution in [0.2, 0.25) is 0 Å². The fraction of sp³-hybridized carbons (Fsp3) is 0.333. The van der Waals surface area contributed by atoms with Crippen molar-refractivity contribution in [3.8, 4) is 0 Å². The van der Waals surface area contributed by atoms with Gasteiger partial charge in [-0.2, -0.15) is 0 Å². The van der Waals surface area contributed by atoms with Crippen molar-refractivity contribution < 1.29 is 13.6 Å². The zero-order valence-corrected chi connectivity index (χ0v) is 12.6. The van der Waals surface area contributed by atoms with E-state index in [2.05, 4.69) is 0 Å². The van der Waals surface area contributed by atoms with Crippen molar-refractivity contribution in [3.05, 3.63) is 53.4 Å². The van der Waals surface area contributed by atoms with Crippen LogP contribution in [-0.2, 0) is 13.6 Å². The molecule has 0 bridgehead atoms. The number of rotatable bonds is 7. The van der Waals surface area contributed by atoms with Gasteiger partial charge >= 0.3 is 7.60 Å². The molecule has 0 heterocycles. The molecule has 0 saturated carbocycles. The zero-order valence-electron chi connectivity index (χ0n) is 11.7. The Morgan fingerprint density at radius 3 is 2.21 bits per heavy atom. The van der Waals surface area contributed by atoms with E-state index in [4.69, 9.17) is 9.05 Å². The molecule has 3 nitrogen and oxygen atoms in total. The number of hydrogen-bond donors (Lipinski definition) is 0. The summed E-state index contributed by atoms with van der Waals surface area (Å²) >= 11 is 0. The standard InChI is InChI=1S/C15H21O3P/c1-4-15(19(16,17-5-2)18-6-3)13-12-14-10-8-7-9-11-14/h4,7-13H,5-6H2,1-3H3/b13-12+,15-4-. The van der Waals surface area contributed by atoms with Crippen molar-refractivity contribution in [2.45, 2.75) is 20.8 Å². The van der Waals surface area contributed by atoms with Crippen LogP contribution in [0.15, 0.2) is 47.8 Å². The first-order valence-electron chi connectivity index (χ1n) is 6.45. The van der Waals surface area contributed by atoms with E-state index in [0.717, 1.165) is 5.56 Å². The van der Waals surface area contributed by atoms with Crippen molar-refractivity contribution in [2.24, 2.45) is 0 Å². The predicted molar refractivity (Wildman–Crippen MR) is 80.1 cm³/mol. The summed E-state index contributed by atoms with van der Waals surface area (Å²) in [5.74, 6) is 0. The predicted octanol–water partition coefficient (Wildman–Crippen LogP) is 4.87. The van der Waals surface area contributed by atoms with Crippen molar-refractivity contribution in [1.29, 1.82) is 0 Å². The Bertz CT molecular complexity index is 467. The van der Waals surface area contributed by atoms with Gasteiger partial charge in [0.25, 0.3) is 0 Å². The van der Waals surface area contributed by atoms with Gasteiger partial charge in [-0.1, -0.05) is 42.5 Å². The molecule has 0 atom stereocenters. The van der Waals surface area contributed by atoms with Crippen molar-refractivity contribution in [3.63, 3.8) is 0 Å². The van der Waals surface area contributed by atoms with E-state index in [1.165, 1.54) is 0 Å². The number of benzene rings is 1. The molecule has 1 rings (SSSR count). The van der Waals surface area contributed by atoms with Crippen LogP contribution in [-0.4, -0.2) is 13.2 Å². The third-order valence-corrected chi connectivity index (χ3v) is 4.69. The van der Waals surface area contributed by atoms with Gasteiger partial charge < -0.3 is 9.05 Å². The van der Waals surface area contributed by atoms with E-state index >= 15 is 0 Å². The van der Waals surface area contributed by atoms with E-state index in [1.807, 2.05) is 43.3 Å². The second kappa shape index (κ2) is 8.11. The van der Waals surface area contributed by atoms with Crippen molar-refractivity contribution in [2.75, 3.05) is 13.2 Å². The quantitative estimate of drug-likeness (QED) is 0.528. The summed E-state index contributed by atoms with van der Waals surface area (Å²) in [5.41, 5.74) is 1.04. The van der Waals surface area contributed by atoms with Crippen LogP contribution in [0.25, 0.3) is 6.08 Å². The van der Waals surface area contributed by atoms with E-state index in [0.29, 0.717) is 18.5 Å². The lowest BCUT2D eigenvalue weighted by Gasteiger charge is -2.17. The molecule has 0 radical (unpaired) electrons. The Morgan fingerprint density at radius 1 is 1.16 bits per heavy atom. The molecule has 1 aromatic carbocycles. The highest BCUT2D eigenvalue weighted by atomic mass is 31.2. The van der Waals surface area contributed by atoms with E-state index < -0.39 is 7.60 Å². The highest BCUT2D eigenvalue weighted by Gasteiger charge is 2.26. The largest absolute Gasteiger partial charge is 0.360 e. The van der Waals surface area contributed by atoms with E-state index in [9.17, 15) is 4.57 Å². The maximum absolute atomic E-state index is 12.6. The maximum Gasteiger partial charge on any atom is 0.360 e. The van der Waals surface area contributed by atoms with Crippen LogP contribution in [0, 0.1) is 0 Å². The molecule has 0 aliphatic rings. The van der Waals surface area contributed by atoms with Gasteiger partial charge in [-0.15, -0.1) is 0 Å². The van der Waals surface area contributed by atoms with Crippen LogP contribution < -0.4 is 0 Å². The van der Waals surface area contributed by atoms with Crippen LogP contribution >= 0.6 is 7.60 Å². The molecule has 1 aromatic rings. The van der Waals surface area contributed by atoms with Crippen LogP contribution in [0.1, 0.15) is 26.3 Å². The molecule has 104 valence electrons. The average Bonchev–Trinajstić information content (AvgIpc) is 2.41. The van der Waals surface area contributed by atoms with Gasteiger partial charge in [0.05, 0.1) is 18.5 Å². The first-order chi connectivity index (χ1) is 9.16. The third-order valence-electron chi connectivity index (χ3n) is 2.46. The molecule has 0 spiro atoms. The molecule has 0 saturated heterocycles. The van der Waals surface area contributed by atoms with Gasteiger partial charge in [-0.25, -0.2) is 0 Å². The lowest BCUT2D eigenvalue weighted by Crippen LogP contribution is -1.97. The highest BCUT2D eigenvalue weighted by Crippen LogP contribution is 2.56. The molecule has 0 aliphatic heterocycles. The molecular formula is C15H21O3P. The maximum atomic E-state index is 12.6. The SMILES string of the molecule is C/C=C(/C=C/c1ccccc1)P(=O)(OCC)OCC. The van der Waals surface area contributed by atoms with Crippen molar-refractivity contribution in [1.82, 2.24) is 0 Å². The second-order valence-electron chi connectivity index (χ2n) is 3.79. The molecule has 0 aromatic heterocycles. The monoisotopic (exact) mass is 280 g/mol. The van der Waals surface area contributed by atoms with Gasteiger partial charge in [0.1, 0.15) is 0 Å². The average molecular weight is 280 g/mol. The number of hydrogen-bond acceptors (Lipinski definition) is 3. The van der Waals surface area contributed by atoms with Gasteiger partial charge in [0, 0.05) is 0 Å². The summed E-state index contributed by atoms with van der Waals surface area (Å²) in [6.07, 6.45) is 5.47. The Kier molecular flexibility index (Phi) is 6.79. The normalized spacial score (nSPS) is 13.1. The van der Waals surface area contributed by atoms with Crippen LogP contribution in [0.5, 0.6) is 0 Å². The van der Waals surface area contributed by atoms with Crippen molar-refractivity contribution >= 4 is 13.7 Å². The summed E-state index contributed by atoms with van der Waals surface area (Å²) in [5, 5.41) is 0.583. The minimum atomic E-state index is -3.19. The Morgan fingerprint density at radius 2 is 1.74 bits per heavy atom. The fourth-order valence-corrected chi connectivity index (χ4v) is 3.24. The lowest BCUT2D eigenvalue weighted by molar-refractivity contribution is 0.227. The topological polar surface area (TPSA) is 35.5 Å². The molecule has 0 unspecified atom stereocenters. The first-order valence-corrected chi connectivity index (χ1v) is 7.99. The molecule has 0 N–H and O–H groups in total. The summed E-state index contributed by atoms with van der Waals surface area (Å²) in [7, 11) is -3.19. The third kappa shape index (κ3) is 4.79. The van der Waals surface area contributed by atoms with Gasteiger partial charge in [-0.05, 0) is 32.4 Å². The minimum Gasteiger partial charge on any atom is -0.306 e. The molecule has 0 amide bonds. The van der Waals surface area contributed by atoms with Crippen LogP contribution in [0.4, 0.5) is 0 Å². The summed E-state index contributed by atoms with van der Waals surface area (Å²) in [6.45, 7) is 6.15. The highest BCUT2D eigenvalue weighted by molar-refractivity contribution is 7.58. The fourth-order valence-electron chi connectivity index (χ4n) is 1.62. The second-order valence-corrected chi connectivity index (χ2v) is 5.82. The molecule has 19 heavy (non-hydrogen) atoms. The summed E-state index contributed by atoms with van der Waals surface area (Å²) in [6, 6.07) is 9.84. The molecule has 0 aliphatic carbocycles. The number of allylic oxidation sites excluding steroid dienone is 3. The Labute approximate surface area is 115 Å². The first kappa shape index (κ1) is 15.9. The molecule has 4 heteroatoms. The molecular weight excluding hydrogens is 259 g/mol. The van der Waals surface area contributed by atoms with Crippen LogP contribution in [0.3, 0.4) is 0 Å². The zero-order chi connectivity index (χ0) is 14.1. The summed E-state index contributed by atoms with van der Waals surface area (Å²) < 4.78 is 23.3. The van der Waals surface area contributed by atoms with E-state index in [-0.39, 0.29) is 0 Å².